The number of hydrogen-bond donors (Lipinski definition) is 1. The van der Waals surface area contributed by atoms with Crippen molar-refractivity contribution in [3.63, 3.8) is 0 Å². The second-order valence-corrected chi connectivity index (χ2v) is 5.96. The van der Waals surface area contributed by atoms with Crippen LogP contribution < -0.4 is 5.32 Å². The number of hydrogen-bond acceptors (Lipinski definition) is 4. The summed E-state index contributed by atoms with van der Waals surface area (Å²) in [5.41, 5.74) is 0.736. The fourth-order valence-corrected chi connectivity index (χ4v) is 3.11. The normalized spacial score (nSPS) is 16.6. The van der Waals surface area contributed by atoms with E-state index in [9.17, 15) is 4.79 Å². The molecule has 1 aromatic heterocycles. The maximum absolute atomic E-state index is 12.4. The first-order valence-corrected chi connectivity index (χ1v) is 7.84. The molecule has 1 N–H and O–H groups in total. The standard InChI is InChI=1S/C17H21N3O2/c1-13-18-16(20-22-13)17(11-5-6-12-17)19-15(21)10-9-14-7-3-2-4-8-14/h2-4,7-8H,5-6,9-12H2,1H3,(H,19,21). The van der Waals surface area contributed by atoms with Crippen molar-refractivity contribution in [2.75, 3.05) is 0 Å². The molecule has 0 atom stereocenters. The van der Waals surface area contributed by atoms with E-state index >= 15 is 0 Å². The first kappa shape index (κ1) is 14.8. The van der Waals surface area contributed by atoms with Crippen LogP contribution in [-0.4, -0.2) is 16.0 Å². The molecule has 0 radical (unpaired) electrons. The highest BCUT2D eigenvalue weighted by atomic mass is 16.5. The van der Waals surface area contributed by atoms with Crippen molar-refractivity contribution in [3.8, 4) is 0 Å². The van der Waals surface area contributed by atoms with E-state index in [1.165, 1.54) is 5.56 Å². The summed E-state index contributed by atoms with van der Waals surface area (Å²) in [5.74, 6) is 1.21. The molecular formula is C17H21N3O2. The molecule has 1 aromatic carbocycles. The average molecular weight is 299 g/mol. The van der Waals surface area contributed by atoms with Gasteiger partial charge in [-0.05, 0) is 24.8 Å². The van der Waals surface area contributed by atoms with Gasteiger partial charge in [0.15, 0.2) is 5.82 Å². The summed E-state index contributed by atoms with van der Waals surface area (Å²) >= 11 is 0. The van der Waals surface area contributed by atoms with E-state index in [0.29, 0.717) is 18.1 Å². The quantitative estimate of drug-likeness (QED) is 0.921. The van der Waals surface area contributed by atoms with E-state index in [4.69, 9.17) is 4.52 Å². The average Bonchev–Trinajstić information content (AvgIpc) is 3.16. The lowest BCUT2D eigenvalue weighted by Crippen LogP contribution is -2.44. The van der Waals surface area contributed by atoms with Gasteiger partial charge in [-0.15, -0.1) is 0 Å². The predicted molar refractivity (Wildman–Crippen MR) is 82.1 cm³/mol. The smallest absolute Gasteiger partial charge is 0.223 e. The maximum atomic E-state index is 12.4. The van der Waals surface area contributed by atoms with E-state index in [1.54, 1.807) is 6.92 Å². The Hall–Kier alpha value is -2.17. The molecule has 1 fully saturated rings. The molecule has 22 heavy (non-hydrogen) atoms. The molecule has 0 bridgehead atoms. The molecule has 1 saturated carbocycles. The highest BCUT2D eigenvalue weighted by Crippen LogP contribution is 2.37. The van der Waals surface area contributed by atoms with E-state index in [-0.39, 0.29) is 5.91 Å². The number of nitrogens with one attached hydrogen (secondary N) is 1. The Kier molecular flexibility index (Phi) is 4.22. The van der Waals surface area contributed by atoms with Gasteiger partial charge in [0, 0.05) is 13.3 Å². The fourth-order valence-electron chi connectivity index (χ4n) is 3.11. The van der Waals surface area contributed by atoms with Gasteiger partial charge in [-0.25, -0.2) is 0 Å². The third kappa shape index (κ3) is 3.18. The molecule has 0 spiro atoms. The molecule has 1 amide bonds. The summed E-state index contributed by atoms with van der Waals surface area (Å²) in [6.07, 6.45) is 5.13. The number of carbonyl (C=O) groups is 1. The molecule has 5 nitrogen and oxygen atoms in total. The number of amides is 1. The van der Waals surface area contributed by atoms with Crippen molar-refractivity contribution < 1.29 is 9.32 Å². The van der Waals surface area contributed by atoms with Crippen LogP contribution in [-0.2, 0) is 16.8 Å². The van der Waals surface area contributed by atoms with Crippen LogP contribution in [0.15, 0.2) is 34.9 Å². The van der Waals surface area contributed by atoms with Gasteiger partial charge in [0.1, 0.15) is 5.54 Å². The third-order valence-corrected chi connectivity index (χ3v) is 4.27. The van der Waals surface area contributed by atoms with Crippen LogP contribution in [0.2, 0.25) is 0 Å². The Morgan fingerprint density at radius 1 is 1.27 bits per heavy atom. The summed E-state index contributed by atoms with van der Waals surface area (Å²) in [6, 6.07) is 10.1. The molecule has 1 heterocycles. The Morgan fingerprint density at radius 2 is 2.00 bits per heavy atom. The fraction of sp³-hybridized carbons (Fsp3) is 0.471. The molecule has 1 aliphatic rings. The number of aryl methyl sites for hydroxylation is 2. The lowest BCUT2D eigenvalue weighted by atomic mass is 9.96. The summed E-state index contributed by atoms with van der Waals surface area (Å²) in [7, 11) is 0. The van der Waals surface area contributed by atoms with Gasteiger partial charge in [-0.3, -0.25) is 4.79 Å². The summed E-state index contributed by atoms with van der Waals surface area (Å²) in [5, 5.41) is 7.21. The van der Waals surface area contributed by atoms with Crippen LogP contribution in [0.25, 0.3) is 0 Å². The zero-order chi connectivity index (χ0) is 15.4. The van der Waals surface area contributed by atoms with Crippen molar-refractivity contribution in [1.82, 2.24) is 15.5 Å². The summed E-state index contributed by atoms with van der Waals surface area (Å²) in [4.78, 5) is 16.7. The molecule has 5 heteroatoms. The van der Waals surface area contributed by atoms with Crippen LogP contribution in [0.1, 0.15) is 49.4 Å². The van der Waals surface area contributed by atoms with E-state index in [1.807, 2.05) is 30.3 Å². The second kappa shape index (κ2) is 6.30. The molecule has 1 aliphatic carbocycles. The third-order valence-electron chi connectivity index (χ3n) is 4.27. The zero-order valence-electron chi connectivity index (χ0n) is 12.8. The van der Waals surface area contributed by atoms with Crippen LogP contribution >= 0.6 is 0 Å². The number of nitrogens with zero attached hydrogens (tertiary/aromatic N) is 2. The first-order chi connectivity index (χ1) is 10.7. The lowest BCUT2D eigenvalue weighted by Gasteiger charge is -2.26. The summed E-state index contributed by atoms with van der Waals surface area (Å²) < 4.78 is 5.10. The van der Waals surface area contributed by atoms with Gasteiger partial charge >= 0.3 is 0 Å². The monoisotopic (exact) mass is 299 g/mol. The molecule has 2 aromatic rings. The highest BCUT2D eigenvalue weighted by molar-refractivity contribution is 5.77. The van der Waals surface area contributed by atoms with Crippen LogP contribution in [0.4, 0.5) is 0 Å². The predicted octanol–water partition coefficient (Wildman–Crippen LogP) is 2.90. The molecule has 0 unspecified atom stereocenters. The van der Waals surface area contributed by atoms with Crippen LogP contribution in [0.3, 0.4) is 0 Å². The van der Waals surface area contributed by atoms with Crippen molar-refractivity contribution in [1.29, 1.82) is 0 Å². The Labute approximate surface area is 130 Å². The van der Waals surface area contributed by atoms with Gasteiger partial charge in [0.25, 0.3) is 0 Å². The SMILES string of the molecule is Cc1nc(C2(NC(=O)CCc3ccccc3)CCCC2)no1. The van der Waals surface area contributed by atoms with E-state index < -0.39 is 5.54 Å². The van der Waals surface area contributed by atoms with Gasteiger partial charge in [0.2, 0.25) is 11.8 Å². The Bertz CT molecular complexity index is 630. The molecule has 116 valence electrons. The minimum Gasteiger partial charge on any atom is -0.343 e. The second-order valence-electron chi connectivity index (χ2n) is 5.96. The van der Waals surface area contributed by atoms with Crippen LogP contribution in [0.5, 0.6) is 0 Å². The number of benzene rings is 1. The lowest BCUT2D eigenvalue weighted by molar-refractivity contribution is -0.123. The topological polar surface area (TPSA) is 68.0 Å². The van der Waals surface area contributed by atoms with E-state index in [0.717, 1.165) is 32.1 Å². The minimum absolute atomic E-state index is 0.0493. The number of rotatable bonds is 5. The van der Waals surface area contributed by atoms with Crippen LogP contribution in [0, 0.1) is 6.92 Å². The molecule has 0 aliphatic heterocycles. The number of carbonyl (C=O) groups excluding carboxylic acids is 1. The van der Waals surface area contributed by atoms with Crippen molar-refractivity contribution >= 4 is 5.91 Å². The highest BCUT2D eigenvalue weighted by Gasteiger charge is 2.41. The van der Waals surface area contributed by atoms with Crippen molar-refractivity contribution in [2.24, 2.45) is 0 Å². The maximum Gasteiger partial charge on any atom is 0.223 e. The Morgan fingerprint density at radius 3 is 2.64 bits per heavy atom. The summed E-state index contributed by atoms with van der Waals surface area (Å²) in [6.45, 7) is 1.77. The molecule has 3 rings (SSSR count). The zero-order valence-corrected chi connectivity index (χ0v) is 12.8. The van der Waals surface area contributed by atoms with Gasteiger partial charge in [-0.2, -0.15) is 4.98 Å². The van der Waals surface area contributed by atoms with Gasteiger partial charge in [-0.1, -0.05) is 48.3 Å². The van der Waals surface area contributed by atoms with Crippen molar-refractivity contribution in [2.45, 2.75) is 51.0 Å². The van der Waals surface area contributed by atoms with Gasteiger partial charge < -0.3 is 9.84 Å². The largest absolute Gasteiger partial charge is 0.343 e. The van der Waals surface area contributed by atoms with Crippen molar-refractivity contribution in [3.05, 3.63) is 47.6 Å². The van der Waals surface area contributed by atoms with Gasteiger partial charge in [0.05, 0.1) is 0 Å². The first-order valence-electron chi connectivity index (χ1n) is 7.84. The Balaban J connectivity index is 1.65. The minimum atomic E-state index is -0.439. The molecule has 0 saturated heterocycles. The number of aromatic nitrogens is 2. The molecular weight excluding hydrogens is 278 g/mol. The van der Waals surface area contributed by atoms with E-state index in [2.05, 4.69) is 15.5 Å².